The predicted molar refractivity (Wildman–Crippen MR) is 78.8 cm³/mol. The lowest BCUT2D eigenvalue weighted by Gasteiger charge is -2.01. The van der Waals surface area contributed by atoms with E-state index in [0.717, 1.165) is 31.2 Å². The van der Waals surface area contributed by atoms with Gasteiger partial charge in [-0.2, -0.15) is 5.26 Å². The van der Waals surface area contributed by atoms with Crippen molar-refractivity contribution in [1.82, 2.24) is 5.32 Å². The molecule has 0 heterocycles. The molecule has 0 unspecified atom stereocenters. The maximum atomic E-state index is 11.5. The van der Waals surface area contributed by atoms with Crippen molar-refractivity contribution in [3.63, 3.8) is 0 Å². The number of amides is 1. The molecule has 1 amide bonds. The Labute approximate surface area is 119 Å². The van der Waals surface area contributed by atoms with E-state index in [9.17, 15) is 4.79 Å². The quantitative estimate of drug-likeness (QED) is 0.563. The van der Waals surface area contributed by atoms with Crippen LogP contribution in [0, 0.1) is 11.3 Å². The minimum Gasteiger partial charge on any atom is -0.396 e. The molecule has 4 heteroatoms. The molecule has 0 bridgehead atoms. The van der Waals surface area contributed by atoms with Crippen LogP contribution < -0.4 is 5.32 Å². The molecule has 1 aromatic rings. The zero-order chi connectivity index (χ0) is 14.6. The summed E-state index contributed by atoms with van der Waals surface area (Å²) in [7, 11) is 0. The molecule has 2 N–H and O–H groups in total. The first-order chi connectivity index (χ1) is 9.76. The third kappa shape index (κ3) is 6.72. The van der Waals surface area contributed by atoms with Gasteiger partial charge in [0.2, 0.25) is 5.91 Å². The average molecular weight is 272 g/mol. The van der Waals surface area contributed by atoms with Gasteiger partial charge in [-0.15, -0.1) is 0 Å². The number of carbonyl (C=O) groups excluding carboxylic acids is 1. The number of nitrogens with zero attached hydrogens (tertiary/aromatic N) is 1. The van der Waals surface area contributed by atoms with Crippen LogP contribution in [0.5, 0.6) is 0 Å². The maximum absolute atomic E-state index is 11.5. The summed E-state index contributed by atoms with van der Waals surface area (Å²) in [6.07, 6.45) is 6.98. The molecule has 106 valence electrons. The minimum absolute atomic E-state index is 0.114. The molecule has 20 heavy (non-hydrogen) atoms. The molecule has 0 spiro atoms. The van der Waals surface area contributed by atoms with Gasteiger partial charge in [0.05, 0.1) is 11.6 Å². The summed E-state index contributed by atoms with van der Waals surface area (Å²) in [5.41, 5.74) is 1.50. The summed E-state index contributed by atoms with van der Waals surface area (Å²) < 4.78 is 0. The first-order valence-electron chi connectivity index (χ1n) is 6.83. The topological polar surface area (TPSA) is 73.1 Å². The van der Waals surface area contributed by atoms with Gasteiger partial charge in [-0.05, 0) is 36.6 Å². The molecule has 4 nitrogen and oxygen atoms in total. The van der Waals surface area contributed by atoms with Crippen LogP contribution in [0.1, 0.15) is 36.8 Å². The van der Waals surface area contributed by atoms with Crippen LogP contribution in [-0.4, -0.2) is 24.2 Å². The van der Waals surface area contributed by atoms with E-state index in [1.165, 1.54) is 6.08 Å². The van der Waals surface area contributed by atoms with Crippen LogP contribution in [0.3, 0.4) is 0 Å². The number of rotatable bonds is 8. The highest BCUT2D eigenvalue weighted by atomic mass is 16.2. The van der Waals surface area contributed by atoms with Crippen molar-refractivity contribution in [3.8, 4) is 6.07 Å². The minimum atomic E-state index is -0.114. The molecule has 0 aromatic heterocycles. The van der Waals surface area contributed by atoms with Gasteiger partial charge in [-0.1, -0.05) is 25.0 Å². The summed E-state index contributed by atoms with van der Waals surface area (Å²) in [4.78, 5) is 11.5. The fourth-order valence-electron chi connectivity index (χ4n) is 1.70. The number of unbranched alkanes of at least 4 members (excludes halogenated alkanes) is 3. The van der Waals surface area contributed by atoms with Crippen molar-refractivity contribution < 1.29 is 9.90 Å². The van der Waals surface area contributed by atoms with E-state index in [-0.39, 0.29) is 12.5 Å². The molecule has 1 aromatic carbocycles. The molecule has 0 aliphatic rings. The Morgan fingerprint density at radius 3 is 2.55 bits per heavy atom. The highest BCUT2D eigenvalue weighted by Crippen LogP contribution is 2.05. The number of nitriles is 1. The van der Waals surface area contributed by atoms with E-state index in [1.54, 1.807) is 30.3 Å². The number of hydrogen-bond donors (Lipinski definition) is 2. The number of nitrogens with one attached hydrogen (secondary N) is 1. The Bertz CT molecular complexity index is 472. The molecular weight excluding hydrogens is 252 g/mol. The van der Waals surface area contributed by atoms with Crippen molar-refractivity contribution in [2.75, 3.05) is 13.2 Å². The van der Waals surface area contributed by atoms with E-state index in [0.29, 0.717) is 12.1 Å². The Kier molecular flexibility index (Phi) is 7.78. The van der Waals surface area contributed by atoms with Gasteiger partial charge in [0.25, 0.3) is 0 Å². The van der Waals surface area contributed by atoms with E-state index in [2.05, 4.69) is 5.32 Å². The van der Waals surface area contributed by atoms with Gasteiger partial charge in [0.15, 0.2) is 0 Å². The van der Waals surface area contributed by atoms with E-state index in [4.69, 9.17) is 10.4 Å². The van der Waals surface area contributed by atoms with E-state index < -0.39 is 0 Å². The van der Waals surface area contributed by atoms with Crippen LogP contribution in [0.25, 0.3) is 6.08 Å². The molecule has 1 rings (SSSR count). The highest BCUT2D eigenvalue weighted by Gasteiger charge is 1.95. The monoisotopic (exact) mass is 272 g/mol. The average Bonchev–Trinajstić information content (AvgIpc) is 2.49. The fourth-order valence-corrected chi connectivity index (χ4v) is 1.70. The molecule has 0 fully saturated rings. The smallest absolute Gasteiger partial charge is 0.243 e. The normalized spacial score (nSPS) is 10.4. The first-order valence-corrected chi connectivity index (χ1v) is 6.83. The molecule has 0 saturated heterocycles. The van der Waals surface area contributed by atoms with Gasteiger partial charge < -0.3 is 10.4 Å². The van der Waals surface area contributed by atoms with Crippen molar-refractivity contribution in [2.45, 2.75) is 25.7 Å². The highest BCUT2D eigenvalue weighted by molar-refractivity contribution is 5.91. The maximum Gasteiger partial charge on any atom is 0.243 e. The van der Waals surface area contributed by atoms with Crippen LogP contribution in [0.2, 0.25) is 0 Å². The Balaban J connectivity index is 2.24. The van der Waals surface area contributed by atoms with Gasteiger partial charge in [-0.25, -0.2) is 0 Å². The molecule has 0 aliphatic heterocycles. The van der Waals surface area contributed by atoms with Gasteiger partial charge in [0.1, 0.15) is 0 Å². The summed E-state index contributed by atoms with van der Waals surface area (Å²) in [6.45, 7) is 0.891. The number of benzene rings is 1. The van der Waals surface area contributed by atoms with Crippen LogP contribution in [-0.2, 0) is 4.79 Å². The first kappa shape index (κ1) is 15.9. The summed E-state index contributed by atoms with van der Waals surface area (Å²) in [6, 6.07) is 9.10. The SMILES string of the molecule is N#Cc1ccc(/C=C/C(=O)NCCCCCCO)cc1. The largest absolute Gasteiger partial charge is 0.396 e. The van der Waals surface area contributed by atoms with E-state index in [1.807, 2.05) is 6.07 Å². The molecular formula is C16H20N2O2. The zero-order valence-corrected chi connectivity index (χ0v) is 11.5. The zero-order valence-electron chi connectivity index (χ0n) is 11.5. The van der Waals surface area contributed by atoms with Crippen molar-refractivity contribution in [2.24, 2.45) is 0 Å². The molecule has 0 aliphatic carbocycles. The fraction of sp³-hybridized carbons (Fsp3) is 0.375. The standard InChI is InChI=1S/C16H20N2O2/c17-13-15-7-5-14(6-8-15)9-10-16(20)18-11-3-1-2-4-12-19/h5-10,19H,1-4,11-12H2,(H,18,20)/b10-9+. The van der Waals surface area contributed by atoms with Gasteiger partial charge in [-0.3, -0.25) is 4.79 Å². The number of hydrogen-bond acceptors (Lipinski definition) is 3. The lowest BCUT2D eigenvalue weighted by atomic mass is 10.1. The Hall–Kier alpha value is -2.12. The van der Waals surface area contributed by atoms with Crippen LogP contribution in [0.4, 0.5) is 0 Å². The second kappa shape index (κ2) is 9.76. The van der Waals surface area contributed by atoms with Crippen molar-refractivity contribution >= 4 is 12.0 Å². The second-order valence-electron chi connectivity index (χ2n) is 4.50. The van der Waals surface area contributed by atoms with Crippen molar-refractivity contribution in [1.29, 1.82) is 5.26 Å². The van der Waals surface area contributed by atoms with Crippen LogP contribution >= 0.6 is 0 Å². The molecule has 0 saturated carbocycles. The van der Waals surface area contributed by atoms with Gasteiger partial charge >= 0.3 is 0 Å². The third-order valence-corrected chi connectivity index (χ3v) is 2.85. The summed E-state index contributed by atoms with van der Waals surface area (Å²) >= 11 is 0. The lowest BCUT2D eigenvalue weighted by Crippen LogP contribution is -2.21. The molecule has 0 radical (unpaired) electrons. The summed E-state index contributed by atoms with van der Waals surface area (Å²) in [5.74, 6) is -0.114. The van der Waals surface area contributed by atoms with Crippen LogP contribution in [0.15, 0.2) is 30.3 Å². The lowest BCUT2D eigenvalue weighted by molar-refractivity contribution is -0.116. The number of aliphatic hydroxyl groups excluding tert-OH is 1. The predicted octanol–water partition coefficient (Wildman–Crippen LogP) is 2.24. The molecule has 0 atom stereocenters. The van der Waals surface area contributed by atoms with Gasteiger partial charge in [0, 0.05) is 19.2 Å². The summed E-state index contributed by atoms with van der Waals surface area (Å²) in [5, 5.41) is 20.1. The second-order valence-corrected chi connectivity index (χ2v) is 4.50. The number of carbonyl (C=O) groups is 1. The Morgan fingerprint density at radius 2 is 1.90 bits per heavy atom. The Morgan fingerprint density at radius 1 is 1.20 bits per heavy atom. The third-order valence-electron chi connectivity index (χ3n) is 2.85. The number of aliphatic hydroxyl groups is 1. The van der Waals surface area contributed by atoms with E-state index >= 15 is 0 Å². The van der Waals surface area contributed by atoms with Crippen molar-refractivity contribution in [3.05, 3.63) is 41.5 Å².